The molecule has 2 aromatic rings. The lowest BCUT2D eigenvalue weighted by Gasteiger charge is -2.12. The van der Waals surface area contributed by atoms with Crippen molar-refractivity contribution in [3.05, 3.63) is 24.2 Å². The lowest BCUT2D eigenvalue weighted by atomic mass is 10.4. The zero-order valence-electron chi connectivity index (χ0n) is 7.67. The molecule has 0 aromatic carbocycles. The van der Waals surface area contributed by atoms with Crippen LogP contribution >= 0.6 is 11.5 Å². The molecule has 2 N–H and O–H groups in total. The number of nitrogens with two attached hydrogens (primary N) is 1. The predicted molar refractivity (Wildman–Crippen MR) is 55.1 cm³/mol. The maximum atomic E-state index is 5.43. The Balaban J connectivity index is 2.06. The van der Waals surface area contributed by atoms with Crippen molar-refractivity contribution >= 4 is 22.6 Å². The summed E-state index contributed by atoms with van der Waals surface area (Å²) >= 11 is 1.28. The van der Waals surface area contributed by atoms with Crippen molar-refractivity contribution in [2.75, 3.05) is 17.7 Å². The zero-order chi connectivity index (χ0) is 9.97. The van der Waals surface area contributed by atoms with E-state index in [2.05, 4.69) is 9.36 Å². The second kappa shape index (κ2) is 3.67. The van der Waals surface area contributed by atoms with Gasteiger partial charge in [-0.25, -0.2) is 0 Å². The van der Waals surface area contributed by atoms with Crippen LogP contribution in [-0.2, 0) is 6.54 Å². The van der Waals surface area contributed by atoms with Crippen LogP contribution in [0.2, 0.25) is 0 Å². The van der Waals surface area contributed by atoms with Gasteiger partial charge >= 0.3 is 0 Å². The fourth-order valence-corrected chi connectivity index (χ4v) is 1.64. The van der Waals surface area contributed by atoms with E-state index >= 15 is 0 Å². The Morgan fingerprint density at radius 2 is 2.50 bits per heavy atom. The van der Waals surface area contributed by atoms with Gasteiger partial charge in [0.2, 0.25) is 11.1 Å². The van der Waals surface area contributed by atoms with Crippen LogP contribution in [0.3, 0.4) is 0 Å². The van der Waals surface area contributed by atoms with Gasteiger partial charge in [-0.3, -0.25) is 0 Å². The van der Waals surface area contributed by atoms with Gasteiger partial charge in [0, 0.05) is 18.6 Å². The Kier molecular flexibility index (Phi) is 2.36. The average molecular weight is 210 g/mol. The highest BCUT2D eigenvalue weighted by molar-refractivity contribution is 7.09. The van der Waals surface area contributed by atoms with E-state index in [1.54, 1.807) is 6.26 Å². The largest absolute Gasteiger partial charge is 0.467 e. The zero-order valence-corrected chi connectivity index (χ0v) is 8.49. The monoisotopic (exact) mass is 210 g/mol. The highest BCUT2D eigenvalue weighted by Crippen LogP contribution is 2.18. The van der Waals surface area contributed by atoms with E-state index in [4.69, 9.17) is 10.2 Å². The summed E-state index contributed by atoms with van der Waals surface area (Å²) in [6.07, 6.45) is 1.65. The third-order valence-electron chi connectivity index (χ3n) is 1.73. The number of hydrogen-bond donors (Lipinski definition) is 1. The van der Waals surface area contributed by atoms with Gasteiger partial charge in [-0.05, 0) is 12.1 Å². The van der Waals surface area contributed by atoms with Gasteiger partial charge in [0.15, 0.2) is 0 Å². The van der Waals surface area contributed by atoms with Crippen LogP contribution in [0.5, 0.6) is 0 Å². The van der Waals surface area contributed by atoms with E-state index in [1.165, 1.54) is 11.5 Å². The van der Waals surface area contributed by atoms with Crippen molar-refractivity contribution < 1.29 is 4.42 Å². The molecule has 2 aromatic heterocycles. The summed E-state index contributed by atoms with van der Waals surface area (Å²) in [4.78, 5) is 6.00. The van der Waals surface area contributed by atoms with E-state index in [0.717, 1.165) is 10.9 Å². The molecule has 0 aliphatic rings. The summed E-state index contributed by atoms with van der Waals surface area (Å²) in [5.41, 5.74) is 5.43. The Hall–Kier alpha value is -1.56. The quantitative estimate of drug-likeness (QED) is 0.828. The van der Waals surface area contributed by atoms with Gasteiger partial charge in [0.1, 0.15) is 5.76 Å². The number of furan rings is 1. The van der Waals surface area contributed by atoms with Crippen LogP contribution in [0, 0.1) is 0 Å². The number of nitrogens with zero attached hydrogens (tertiary/aromatic N) is 3. The second-order valence-corrected chi connectivity index (χ2v) is 3.60. The lowest BCUT2D eigenvalue weighted by molar-refractivity contribution is 0.507. The van der Waals surface area contributed by atoms with Gasteiger partial charge in [-0.1, -0.05) is 0 Å². The molecule has 0 unspecified atom stereocenters. The number of rotatable bonds is 3. The van der Waals surface area contributed by atoms with Crippen molar-refractivity contribution in [2.45, 2.75) is 6.54 Å². The smallest absolute Gasteiger partial charge is 0.233 e. The summed E-state index contributed by atoms with van der Waals surface area (Å²) in [6.45, 7) is 0.668. The first kappa shape index (κ1) is 9.01. The van der Waals surface area contributed by atoms with E-state index in [0.29, 0.717) is 12.5 Å². The second-order valence-electron chi connectivity index (χ2n) is 2.87. The number of aromatic nitrogens is 2. The first-order chi connectivity index (χ1) is 6.75. The van der Waals surface area contributed by atoms with Crippen LogP contribution in [0.1, 0.15) is 5.76 Å². The lowest BCUT2D eigenvalue weighted by Crippen LogP contribution is -2.15. The highest BCUT2D eigenvalue weighted by atomic mass is 32.1. The highest BCUT2D eigenvalue weighted by Gasteiger charge is 2.08. The van der Waals surface area contributed by atoms with E-state index in [-0.39, 0.29) is 0 Å². The number of nitrogen functional groups attached to an aromatic ring is 1. The third-order valence-corrected chi connectivity index (χ3v) is 2.58. The fourth-order valence-electron chi connectivity index (χ4n) is 1.09. The van der Waals surface area contributed by atoms with E-state index in [1.807, 2.05) is 24.1 Å². The molecular formula is C8H10N4OS. The molecule has 0 bridgehead atoms. The maximum absolute atomic E-state index is 5.43. The van der Waals surface area contributed by atoms with Gasteiger partial charge in [0.25, 0.3) is 0 Å². The molecule has 0 saturated carbocycles. The molecule has 0 atom stereocenters. The Labute approximate surface area is 85.3 Å². The minimum absolute atomic E-state index is 0.316. The molecule has 6 heteroatoms. The molecule has 0 spiro atoms. The van der Waals surface area contributed by atoms with Gasteiger partial charge in [0.05, 0.1) is 12.8 Å². The molecule has 14 heavy (non-hydrogen) atoms. The van der Waals surface area contributed by atoms with Crippen LogP contribution in [0.25, 0.3) is 0 Å². The molecule has 0 aliphatic heterocycles. The van der Waals surface area contributed by atoms with Crippen molar-refractivity contribution in [1.29, 1.82) is 0 Å². The van der Waals surface area contributed by atoms with E-state index in [9.17, 15) is 0 Å². The van der Waals surface area contributed by atoms with Crippen molar-refractivity contribution in [1.82, 2.24) is 9.36 Å². The molecule has 5 nitrogen and oxygen atoms in total. The summed E-state index contributed by atoms with van der Waals surface area (Å²) in [6, 6.07) is 3.78. The summed E-state index contributed by atoms with van der Waals surface area (Å²) in [5.74, 6) is 1.21. The summed E-state index contributed by atoms with van der Waals surface area (Å²) in [7, 11) is 1.92. The van der Waals surface area contributed by atoms with Crippen molar-refractivity contribution in [2.24, 2.45) is 0 Å². The third kappa shape index (κ3) is 1.85. The summed E-state index contributed by atoms with van der Waals surface area (Å²) < 4.78 is 9.12. The minimum atomic E-state index is 0.316. The Morgan fingerprint density at radius 3 is 3.07 bits per heavy atom. The fraction of sp³-hybridized carbons (Fsp3) is 0.250. The Bertz CT molecular complexity index is 397. The minimum Gasteiger partial charge on any atom is -0.467 e. The van der Waals surface area contributed by atoms with Crippen LogP contribution < -0.4 is 10.6 Å². The Morgan fingerprint density at radius 1 is 1.64 bits per heavy atom. The van der Waals surface area contributed by atoms with Gasteiger partial charge in [-0.15, -0.1) is 0 Å². The first-order valence-corrected chi connectivity index (χ1v) is 4.86. The molecular weight excluding hydrogens is 200 g/mol. The standard InChI is InChI=1S/C8H10N4OS/c1-12(5-6-3-2-4-13-6)8-10-7(9)11-14-8/h2-4H,5H2,1H3,(H2,9,11). The topological polar surface area (TPSA) is 68.2 Å². The van der Waals surface area contributed by atoms with Crippen LogP contribution in [0.4, 0.5) is 11.1 Å². The number of hydrogen-bond acceptors (Lipinski definition) is 6. The van der Waals surface area contributed by atoms with Gasteiger partial charge in [-0.2, -0.15) is 9.36 Å². The molecule has 2 rings (SSSR count). The number of anilines is 2. The van der Waals surface area contributed by atoms with Crippen LogP contribution in [0.15, 0.2) is 22.8 Å². The van der Waals surface area contributed by atoms with Crippen LogP contribution in [-0.4, -0.2) is 16.4 Å². The van der Waals surface area contributed by atoms with Gasteiger partial charge < -0.3 is 15.1 Å². The molecule has 0 saturated heterocycles. The predicted octanol–water partition coefficient (Wildman–Crippen LogP) is 1.35. The normalized spacial score (nSPS) is 10.4. The first-order valence-electron chi connectivity index (χ1n) is 4.08. The maximum Gasteiger partial charge on any atom is 0.233 e. The molecule has 74 valence electrons. The molecule has 2 heterocycles. The molecule has 0 fully saturated rings. The SMILES string of the molecule is CN(Cc1ccco1)c1nc(N)ns1. The summed E-state index contributed by atoms with van der Waals surface area (Å²) in [5, 5.41) is 0.791. The molecule has 0 amide bonds. The molecule has 0 aliphatic carbocycles. The average Bonchev–Trinajstić information content (AvgIpc) is 2.75. The van der Waals surface area contributed by atoms with Crippen molar-refractivity contribution in [3.8, 4) is 0 Å². The molecule has 0 radical (unpaired) electrons. The van der Waals surface area contributed by atoms with E-state index < -0.39 is 0 Å². The van der Waals surface area contributed by atoms with Crippen molar-refractivity contribution in [3.63, 3.8) is 0 Å².